The third-order valence-electron chi connectivity index (χ3n) is 15.1. The molecular formula is C72H47N3O2. The lowest BCUT2D eigenvalue weighted by atomic mass is 9.96. The number of para-hydroxylation sites is 6. The molecule has 0 N–H and O–H groups in total. The highest BCUT2D eigenvalue weighted by Gasteiger charge is 2.24. The van der Waals surface area contributed by atoms with E-state index in [1.165, 1.54) is 16.3 Å². The number of rotatable bonds is 10. The van der Waals surface area contributed by atoms with Crippen LogP contribution in [-0.2, 0) is 0 Å². The van der Waals surface area contributed by atoms with E-state index in [1.807, 2.05) is 12.1 Å². The van der Waals surface area contributed by atoms with Crippen LogP contribution < -0.4 is 9.80 Å². The lowest BCUT2D eigenvalue weighted by Gasteiger charge is -2.30. The van der Waals surface area contributed by atoms with Crippen LogP contribution in [0.5, 0.6) is 0 Å². The summed E-state index contributed by atoms with van der Waals surface area (Å²) < 4.78 is 15.9. The summed E-state index contributed by atoms with van der Waals surface area (Å²) in [6, 6.07) is 102. The minimum absolute atomic E-state index is 0.836. The van der Waals surface area contributed by atoms with Crippen molar-refractivity contribution in [3.05, 3.63) is 285 Å². The van der Waals surface area contributed by atoms with Crippen molar-refractivity contribution < 1.29 is 8.83 Å². The molecule has 15 rings (SSSR count). The van der Waals surface area contributed by atoms with E-state index in [2.05, 4.69) is 287 Å². The highest BCUT2D eigenvalue weighted by atomic mass is 16.3. The zero-order valence-electron chi connectivity index (χ0n) is 41.8. The van der Waals surface area contributed by atoms with Gasteiger partial charge in [-0.25, -0.2) is 0 Å². The molecule has 5 heteroatoms. The molecule has 77 heavy (non-hydrogen) atoms. The van der Waals surface area contributed by atoms with Gasteiger partial charge in [-0.05, 0) is 131 Å². The molecular weight excluding hydrogens is 939 g/mol. The van der Waals surface area contributed by atoms with Crippen molar-refractivity contribution in [2.75, 3.05) is 9.80 Å². The molecule has 0 unspecified atom stereocenters. The molecule has 0 aliphatic carbocycles. The SMILES string of the molecule is c1ccc(-c2ccc(N(c3ccccc3)c3cc(-c4ccc(-c5cc6c7ccccc7n(-c7ccccc7)c6c6c5oc5ccccc56)cc4)cc(N(c4ccccc4)c4ccc5c(c4)oc4ccccc45)c3)cc2)cc1. The predicted molar refractivity (Wildman–Crippen MR) is 321 cm³/mol. The van der Waals surface area contributed by atoms with Gasteiger partial charge >= 0.3 is 0 Å². The number of fused-ring (bicyclic) bond motifs is 10. The van der Waals surface area contributed by atoms with E-state index in [1.54, 1.807) is 0 Å². The highest BCUT2D eigenvalue weighted by Crippen LogP contribution is 2.48. The second kappa shape index (κ2) is 18.2. The van der Waals surface area contributed by atoms with Crippen LogP contribution in [0.25, 0.3) is 105 Å². The molecule has 3 aromatic heterocycles. The Morgan fingerprint density at radius 3 is 1.44 bits per heavy atom. The van der Waals surface area contributed by atoms with Gasteiger partial charge in [-0.3, -0.25) is 0 Å². The fourth-order valence-corrected chi connectivity index (χ4v) is 11.6. The van der Waals surface area contributed by atoms with Crippen LogP contribution in [0, 0.1) is 0 Å². The van der Waals surface area contributed by atoms with Crippen LogP contribution in [0.2, 0.25) is 0 Å². The van der Waals surface area contributed by atoms with Crippen molar-refractivity contribution in [2.24, 2.45) is 0 Å². The van der Waals surface area contributed by atoms with Crippen LogP contribution in [0.1, 0.15) is 0 Å². The number of nitrogens with zero attached hydrogens (tertiary/aromatic N) is 3. The maximum atomic E-state index is 6.95. The third kappa shape index (κ3) is 7.55. The van der Waals surface area contributed by atoms with Gasteiger partial charge in [-0.1, -0.05) is 176 Å². The normalized spacial score (nSPS) is 11.6. The Morgan fingerprint density at radius 2 is 0.753 bits per heavy atom. The lowest BCUT2D eigenvalue weighted by Crippen LogP contribution is -2.13. The molecule has 0 fully saturated rings. The first-order valence-corrected chi connectivity index (χ1v) is 26.1. The number of benzene rings is 12. The van der Waals surface area contributed by atoms with Crippen molar-refractivity contribution >= 4 is 99.8 Å². The van der Waals surface area contributed by atoms with E-state index >= 15 is 0 Å². The van der Waals surface area contributed by atoms with E-state index in [-0.39, 0.29) is 0 Å². The number of anilines is 6. The zero-order valence-corrected chi connectivity index (χ0v) is 41.8. The molecule has 0 atom stereocenters. The van der Waals surface area contributed by atoms with Crippen LogP contribution >= 0.6 is 0 Å². The fourth-order valence-electron chi connectivity index (χ4n) is 11.6. The monoisotopic (exact) mass is 985 g/mol. The molecule has 0 amide bonds. The van der Waals surface area contributed by atoms with E-state index in [4.69, 9.17) is 8.83 Å². The minimum atomic E-state index is 0.836. The first-order chi connectivity index (χ1) is 38.2. The van der Waals surface area contributed by atoms with Crippen molar-refractivity contribution in [1.29, 1.82) is 0 Å². The Kier molecular flexibility index (Phi) is 10.5. The third-order valence-corrected chi connectivity index (χ3v) is 15.1. The molecule has 12 aromatic carbocycles. The van der Waals surface area contributed by atoms with Gasteiger partial charge in [-0.2, -0.15) is 0 Å². The van der Waals surface area contributed by atoms with E-state index in [9.17, 15) is 0 Å². The zero-order chi connectivity index (χ0) is 50.8. The van der Waals surface area contributed by atoms with Crippen LogP contribution in [0.15, 0.2) is 294 Å². The molecule has 0 saturated carbocycles. The summed E-state index contributed by atoms with van der Waals surface area (Å²) in [6.45, 7) is 0. The summed E-state index contributed by atoms with van der Waals surface area (Å²) in [4.78, 5) is 4.70. The smallest absolute Gasteiger partial charge is 0.145 e. The largest absolute Gasteiger partial charge is 0.456 e. The van der Waals surface area contributed by atoms with Crippen molar-refractivity contribution in [3.63, 3.8) is 0 Å². The number of furan rings is 2. The maximum Gasteiger partial charge on any atom is 0.145 e. The first kappa shape index (κ1) is 44.2. The van der Waals surface area contributed by atoms with Crippen molar-refractivity contribution in [1.82, 2.24) is 4.57 Å². The maximum absolute atomic E-state index is 6.95. The highest BCUT2D eigenvalue weighted by molar-refractivity contribution is 6.27. The molecule has 0 bridgehead atoms. The van der Waals surface area contributed by atoms with E-state index in [0.29, 0.717) is 0 Å². The number of hydrogen-bond donors (Lipinski definition) is 0. The molecule has 0 aliphatic heterocycles. The fraction of sp³-hybridized carbons (Fsp3) is 0. The van der Waals surface area contributed by atoms with Crippen LogP contribution in [-0.4, -0.2) is 4.57 Å². The van der Waals surface area contributed by atoms with Gasteiger partial charge < -0.3 is 23.2 Å². The lowest BCUT2D eigenvalue weighted by molar-refractivity contribution is 0.669. The van der Waals surface area contributed by atoms with Crippen LogP contribution in [0.3, 0.4) is 0 Å². The average Bonchev–Trinajstić information content (AvgIpc) is 4.27. The topological polar surface area (TPSA) is 37.7 Å². The second-order valence-corrected chi connectivity index (χ2v) is 19.7. The Morgan fingerprint density at radius 1 is 0.273 bits per heavy atom. The van der Waals surface area contributed by atoms with Gasteiger partial charge in [0.15, 0.2) is 0 Å². The van der Waals surface area contributed by atoms with Gasteiger partial charge in [0.05, 0.1) is 16.4 Å². The molecule has 3 heterocycles. The van der Waals surface area contributed by atoms with Gasteiger partial charge in [-0.15, -0.1) is 0 Å². The van der Waals surface area contributed by atoms with Gasteiger partial charge in [0.2, 0.25) is 0 Å². The first-order valence-electron chi connectivity index (χ1n) is 26.1. The Labute approximate surface area is 445 Å². The second-order valence-electron chi connectivity index (χ2n) is 19.7. The summed E-state index contributed by atoms with van der Waals surface area (Å²) >= 11 is 0. The van der Waals surface area contributed by atoms with Crippen LogP contribution in [0.4, 0.5) is 34.1 Å². The molecule has 0 radical (unpaired) electrons. The molecule has 5 nitrogen and oxygen atoms in total. The van der Waals surface area contributed by atoms with E-state index < -0.39 is 0 Å². The molecule has 15 aromatic rings. The molecule has 0 saturated heterocycles. The Balaban J connectivity index is 0.932. The Bertz CT molecular complexity index is 4660. The van der Waals surface area contributed by atoms with Crippen molar-refractivity contribution in [2.45, 2.75) is 0 Å². The van der Waals surface area contributed by atoms with Gasteiger partial charge in [0.25, 0.3) is 0 Å². The molecule has 362 valence electrons. The number of aromatic nitrogens is 1. The van der Waals surface area contributed by atoms with Gasteiger partial charge in [0.1, 0.15) is 22.3 Å². The Hall–Kier alpha value is -10.4. The summed E-state index contributed by atoms with van der Waals surface area (Å²) in [6.07, 6.45) is 0. The summed E-state index contributed by atoms with van der Waals surface area (Å²) in [5.41, 5.74) is 19.5. The van der Waals surface area contributed by atoms with Gasteiger partial charge in [0, 0.05) is 78.4 Å². The average molecular weight is 986 g/mol. The molecule has 0 spiro atoms. The van der Waals surface area contributed by atoms with Crippen molar-refractivity contribution in [3.8, 4) is 39.1 Å². The standard InChI is InChI=1S/C72H47N3O2/c1-5-19-48(20-6-1)49-37-39-56(40-38-49)73(53-21-7-2-8-22-53)58-43-52(44-59(45-58)74(54-23-9-3-10-24-54)57-41-42-62-61-28-14-17-31-67(61)76-69(62)46-57)50-33-35-51(36-34-50)64-47-65-60-27-13-16-30-66(60)75(55-25-11-4-12-26-55)71(65)70-63-29-15-18-32-68(63)77-72(64)70/h1-47H. The molecule has 0 aliphatic rings. The quantitative estimate of drug-likeness (QED) is 0.137. The minimum Gasteiger partial charge on any atom is -0.456 e. The summed E-state index contributed by atoms with van der Waals surface area (Å²) in [7, 11) is 0. The predicted octanol–water partition coefficient (Wildman–Crippen LogP) is 20.5. The summed E-state index contributed by atoms with van der Waals surface area (Å²) in [5.74, 6) is 0. The summed E-state index contributed by atoms with van der Waals surface area (Å²) in [5, 5.41) is 6.76. The van der Waals surface area contributed by atoms with E-state index in [0.717, 1.165) is 123 Å². The number of hydrogen-bond acceptors (Lipinski definition) is 4.